The third-order valence-electron chi connectivity index (χ3n) is 5.36. The third kappa shape index (κ3) is 5.05. The summed E-state index contributed by atoms with van der Waals surface area (Å²) in [6.07, 6.45) is 4.55. The van der Waals surface area contributed by atoms with E-state index < -0.39 is 0 Å². The molecule has 1 atom stereocenters. The van der Waals surface area contributed by atoms with Crippen molar-refractivity contribution in [2.45, 2.75) is 55.6 Å². The molecule has 2 aromatic carbocycles. The highest BCUT2D eigenvalue weighted by atomic mass is 35.5. The molecule has 0 bridgehead atoms. The van der Waals surface area contributed by atoms with Gasteiger partial charge in [0.25, 0.3) is 0 Å². The van der Waals surface area contributed by atoms with Crippen molar-refractivity contribution in [1.82, 2.24) is 20.1 Å². The van der Waals surface area contributed by atoms with Gasteiger partial charge in [0.05, 0.1) is 11.8 Å². The van der Waals surface area contributed by atoms with Crippen LogP contribution in [0.3, 0.4) is 0 Å². The first kappa shape index (κ1) is 20.9. The highest BCUT2D eigenvalue weighted by molar-refractivity contribution is 8.00. The van der Waals surface area contributed by atoms with Crippen molar-refractivity contribution in [2.75, 3.05) is 0 Å². The number of carbonyl (C=O) groups is 1. The minimum atomic E-state index is -0.248. The largest absolute Gasteiger partial charge is 0.352 e. The summed E-state index contributed by atoms with van der Waals surface area (Å²) in [5.41, 5.74) is 2.09. The van der Waals surface area contributed by atoms with E-state index in [1.54, 1.807) is 0 Å². The summed E-state index contributed by atoms with van der Waals surface area (Å²) in [6.45, 7) is 2.56. The molecule has 1 unspecified atom stereocenters. The monoisotopic (exact) mass is 440 g/mol. The average molecular weight is 441 g/mol. The second kappa shape index (κ2) is 9.67. The Balaban J connectivity index is 1.58. The number of hydrogen-bond acceptors (Lipinski definition) is 4. The molecule has 1 aromatic heterocycles. The van der Waals surface area contributed by atoms with Crippen LogP contribution in [0.25, 0.3) is 11.4 Å². The van der Waals surface area contributed by atoms with E-state index in [4.69, 9.17) is 11.6 Å². The van der Waals surface area contributed by atoms with Gasteiger partial charge in [0.1, 0.15) is 0 Å². The summed E-state index contributed by atoms with van der Waals surface area (Å²) in [5, 5.41) is 13.2. The number of nitrogens with one attached hydrogen (secondary N) is 1. The Morgan fingerprint density at radius 3 is 2.53 bits per heavy atom. The van der Waals surface area contributed by atoms with Crippen molar-refractivity contribution in [2.24, 2.45) is 0 Å². The number of hydrogen-bond donors (Lipinski definition) is 1. The van der Waals surface area contributed by atoms with Crippen molar-refractivity contribution < 1.29 is 4.79 Å². The molecule has 5 nitrogen and oxygen atoms in total. The number of amides is 1. The lowest BCUT2D eigenvalue weighted by Gasteiger charge is -2.17. The van der Waals surface area contributed by atoms with Crippen LogP contribution in [-0.2, 0) is 11.3 Å². The Morgan fingerprint density at radius 1 is 1.13 bits per heavy atom. The summed E-state index contributed by atoms with van der Waals surface area (Å²) in [5.74, 6) is 0.829. The van der Waals surface area contributed by atoms with E-state index in [0.717, 1.165) is 34.9 Å². The van der Waals surface area contributed by atoms with Gasteiger partial charge in [-0.2, -0.15) is 0 Å². The van der Waals surface area contributed by atoms with Gasteiger partial charge in [0.2, 0.25) is 5.91 Å². The molecule has 0 spiro atoms. The average Bonchev–Trinajstić information content (AvgIpc) is 3.40. The minimum absolute atomic E-state index is 0.0641. The fourth-order valence-electron chi connectivity index (χ4n) is 3.70. The van der Waals surface area contributed by atoms with Gasteiger partial charge in [-0.25, -0.2) is 0 Å². The second-order valence-corrected chi connectivity index (χ2v) is 9.38. The number of rotatable bonds is 7. The van der Waals surface area contributed by atoms with Crippen LogP contribution in [0.15, 0.2) is 59.8 Å². The number of benzene rings is 2. The first-order valence-corrected chi connectivity index (χ1v) is 11.6. The molecule has 1 saturated carbocycles. The van der Waals surface area contributed by atoms with Gasteiger partial charge in [-0.3, -0.25) is 9.36 Å². The molecule has 7 heteroatoms. The summed E-state index contributed by atoms with van der Waals surface area (Å²) in [4.78, 5) is 12.7. The van der Waals surface area contributed by atoms with Gasteiger partial charge in [0, 0.05) is 16.6 Å². The first-order chi connectivity index (χ1) is 14.6. The molecule has 1 N–H and O–H groups in total. The van der Waals surface area contributed by atoms with Crippen LogP contribution in [0.1, 0.15) is 38.2 Å². The predicted molar refractivity (Wildman–Crippen MR) is 122 cm³/mol. The third-order valence-corrected chi connectivity index (χ3v) is 6.69. The minimum Gasteiger partial charge on any atom is -0.352 e. The Bertz CT molecular complexity index is 984. The fraction of sp³-hybridized carbons (Fsp3) is 0.348. The molecule has 30 heavy (non-hydrogen) atoms. The van der Waals surface area contributed by atoms with Gasteiger partial charge in [-0.05, 0) is 49.6 Å². The molecule has 0 radical (unpaired) electrons. The Labute approximate surface area is 186 Å². The molecule has 156 valence electrons. The number of carbonyl (C=O) groups excluding carboxylic acids is 1. The Kier molecular flexibility index (Phi) is 6.75. The predicted octanol–water partition coefficient (Wildman–Crippen LogP) is 5.19. The molecule has 0 aliphatic heterocycles. The number of aromatic nitrogens is 3. The lowest BCUT2D eigenvalue weighted by atomic mass is 10.2. The van der Waals surface area contributed by atoms with Crippen molar-refractivity contribution >= 4 is 29.3 Å². The van der Waals surface area contributed by atoms with Crippen molar-refractivity contribution in [3.63, 3.8) is 0 Å². The van der Waals surface area contributed by atoms with E-state index in [1.165, 1.54) is 24.6 Å². The van der Waals surface area contributed by atoms with Gasteiger partial charge in [0.15, 0.2) is 11.0 Å². The van der Waals surface area contributed by atoms with Gasteiger partial charge >= 0.3 is 0 Å². The van der Waals surface area contributed by atoms with Crippen LogP contribution >= 0.6 is 23.4 Å². The van der Waals surface area contributed by atoms with Crippen molar-refractivity contribution in [3.8, 4) is 11.4 Å². The maximum absolute atomic E-state index is 12.7. The van der Waals surface area contributed by atoms with E-state index in [9.17, 15) is 4.79 Å². The van der Waals surface area contributed by atoms with E-state index in [0.29, 0.717) is 17.6 Å². The zero-order valence-corrected chi connectivity index (χ0v) is 18.5. The van der Waals surface area contributed by atoms with Crippen LogP contribution in [0, 0.1) is 0 Å². The van der Waals surface area contributed by atoms with Crippen LogP contribution in [0.2, 0.25) is 5.02 Å². The van der Waals surface area contributed by atoms with Crippen LogP contribution in [0.4, 0.5) is 0 Å². The molecule has 1 amide bonds. The first-order valence-electron chi connectivity index (χ1n) is 10.3. The van der Waals surface area contributed by atoms with Crippen molar-refractivity contribution in [1.29, 1.82) is 0 Å². The molecule has 1 aliphatic rings. The van der Waals surface area contributed by atoms with Gasteiger partial charge < -0.3 is 5.32 Å². The highest BCUT2D eigenvalue weighted by Gasteiger charge is 2.24. The Morgan fingerprint density at radius 2 is 1.83 bits per heavy atom. The van der Waals surface area contributed by atoms with E-state index in [2.05, 4.69) is 32.2 Å². The maximum atomic E-state index is 12.7. The summed E-state index contributed by atoms with van der Waals surface area (Å²) in [7, 11) is 0. The fourth-order valence-corrected chi connectivity index (χ4v) is 4.68. The molecule has 1 fully saturated rings. The van der Waals surface area contributed by atoms with Crippen LogP contribution < -0.4 is 5.32 Å². The lowest BCUT2D eigenvalue weighted by molar-refractivity contribution is -0.120. The molecule has 1 aliphatic carbocycles. The zero-order chi connectivity index (χ0) is 20.9. The molecular formula is C23H25ClN4OS. The SMILES string of the molecule is CC(Sc1nnc(-c2ccc(Cl)cc2)n1Cc1ccccc1)C(=O)NC1CCCC1. The molecule has 1 heterocycles. The smallest absolute Gasteiger partial charge is 0.233 e. The van der Waals surface area contributed by atoms with Gasteiger partial charge in [-0.1, -0.05) is 66.5 Å². The summed E-state index contributed by atoms with van der Waals surface area (Å²) < 4.78 is 2.07. The molecule has 0 saturated heterocycles. The normalized spacial score (nSPS) is 15.3. The number of thioether (sulfide) groups is 1. The molecule has 3 aromatic rings. The topological polar surface area (TPSA) is 59.8 Å². The second-order valence-electron chi connectivity index (χ2n) is 7.63. The standard InChI is InChI=1S/C23H25ClN4OS/c1-16(22(29)25-20-9-5-6-10-20)30-23-27-26-21(18-11-13-19(24)14-12-18)28(23)15-17-7-3-2-4-8-17/h2-4,7-8,11-14,16,20H,5-6,9-10,15H2,1H3,(H,25,29). The highest BCUT2D eigenvalue weighted by Crippen LogP contribution is 2.29. The van der Waals surface area contributed by atoms with Crippen LogP contribution in [-0.4, -0.2) is 32.0 Å². The van der Waals surface area contributed by atoms with E-state index in [-0.39, 0.29) is 11.2 Å². The number of halogens is 1. The zero-order valence-electron chi connectivity index (χ0n) is 16.9. The molecular weight excluding hydrogens is 416 g/mol. The summed E-state index contributed by atoms with van der Waals surface area (Å²) in [6, 6.07) is 18.1. The van der Waals surface area contributed by atoms with Crippen LogP contribution in [0.5, 0.6) is 0 Å². The van der Waals surface area contributed by atoms with E-state index >= 15 is 0 Å². The number of nitrogens with zero attached hydrogens (tertiary/aromatic N) is 3. The quantitative estimate of drug-likeness (QED) is 0.514. The van der Waals surface area contributed by atoms with Crippen molar-refractivity contribution in [3.05, 3.63) is 65.2 Å². The van der Waals surface area contributed by atoms with E-state index in [1.807, 2.05) is 49.4 Å². The summed E-state index contributed by atoms with van der Waals surface area (Å²) >= 11 is 7.51. The van der Waals surface area contributed by atoms with Gasteiger partial charge in [-0.15, -0.1) is 10.2 Å². The lowest BCUT2D eigenvalue weighted by Crippen LogP contribution is -2.37. The molecule has 4 rings (SSSR count). The maximum Gasteiger partial charge on any atom is 0.233 e. The Hall–Kier alpha value is -2.31.